The average molecular weight is 232 g/mol. The molecule has 0 aromatic rings. The van der Waals surface area contributed by atoms with E-state index >= 15 is 0 Å². The number of unbranched alkanes of at least 4 members (excludes halogenated alkanes) is 1. The second-order valence-corrected chi connectivity index (χ2v) is 5.23. The smallest absolute Gasteiger partial charge is 0.311 e. The number of carbonyl (C=O) groups excluding carboxylic acids is 1. The van der Waals surface area contributed by atoms with Gasteiger partial charge >= 0.3 is 5.97 Å². The van der Waals surface area contributed by atoms with Gasteiger partial charge in [-0.25, -0.2) is 0 Å². The monoisotopic (exact) mass is 232 g/mol. The van der Waals surface area contributed by atoms with Crippen molar-refractivity contribution >= 4 is 17.7 Å². The number of esters is 1. The van der Waals surface area contributed by atoms with Crippen LogP contribution in [0.25, 0.3) is 0 Å². The van der Waals surface area contributed by atoms with E-state index in [4.69, 9.17) is 4.74 Å². The van der Waals surface area contributed by atoms with Crippen molar-refractivity contribution in [2.45, 2.75) is 38.2 Å². The molecule has 1 aliphatic rings. The van der Waals surface area contributed by atoms with E-state index in [0.29, 0.717) is 12.2 Å². The van der Waals surface area contributed by atoms with Crippen LogP contribution in [-0.2, 0) is 9.53 Å². The summed E-state index contributed by atoms with van der Waals surface area (Å²) in [4.78, 5) is 11.6. The number of methoxy groups -OCH3 is 1. The van der Waals surface area contributed by atoms with Crippen molar-refractivity contribution in [1.82, 2.24) is 0 Å². The molecule has 0 aromatic carbocycles. The van der Waals surface area contributed by atoms with Gasteiger partial charge in [-0.05, 0) is 18.6 Å². The summed E-state index contributed by atoms with van der Waals surface area (Å²) in [5.41, 5.74) is -0.826. The van der Waals surface area contributed by atoms with Crippen LogP contribution in [0.3, 0.4) is 0 Å². The summed E-state index contributed by atoms with van der Waals surface area (Å²) in [6.07, 6.45) is 3.45. The molecule has 2 atom stereocenters. The van der Waals surface area contributed by atoms with Gasteiger partial charge in [-0.3, -0.25) is 4.79 Å². The van der Waals surface area contributed by atoms with Gasteiger partial charge in [-0.2, -0.15) is 11.8 Å². The molecule has 4 heteroatoms. The Labute approximate surface area is 95.6 Å². The number of ether oxygens (including phenoxy) is 1. The molecule has 2 unspecified atom stereocenters. The van der Waals surface area contributed by atoms with Gasteiger partial charge in [0.2, 0.25) is 0 Å². The fraction of sp³-hybridized carbons (Fsp3) is 0.909. The van der Waals surface area contributed by atoms with Crippen molar-refractivity contribution in [2.75, 3.05) is 18.6 Å². The molecule has 1 aliphatic heterocycles. The molecule has 1 saturated heterocycles. The first-order valence-corrected chi connectivity index (χ1v) is 6.67. The van der Waals surface area contributed by atoms with Crippen LogP contribution in [0.1, 0.15) is 32.6 Å². The molecule has 1 fully saturated rings. The van der Waals surface area contributed by atoms with E-state index in [2.05, 4.69) is 6.92 Å². The molecule has 1 N–H and O–H groups in total. The summed E-state index contributed by atoms with van der Waals surface area (Å²) in [7, 11) is 1.40. The predicted molar refractivity (Wildman–Crippen MR) is 61.9 cm³/mol. The topological polar surface area (TPSA) is 46.5 Å². The molecule has 88 valence electrons. The van der Waals surface area contributed by atoms with E-state index in [1.54, 1.807) is 11.8 Å². The molecule has 1 heterocycles. The minimum atomic E-state index is -0.826. The molecule has 0 spiro atoms. The van der Waals surface area contributed by atoms with Crippen molar-refractivity contribution in [1.29, 1.82) is 0 Å². The highest BCUT2D eigenvalue weighted by atomic mass is 32.2. The van der Waals surface area contributed by atoms with E-state index in [0.717, 1.165) is 25.0 Å². The van der Waals surface area contributed by atoms with Crippen LogP contribution in [-0.4, -0.2) is 35.3 Å². The van der Waals surface area contributed by atoms with Gasteiger partial charge in [0.1, 0.15) is 0 Å². The summed E-state index contributed by atoms with van der Waals surface area (Å²) in [6, 6.07) is 0. The van der Waals surface area contributed by atoms with Crippen molar-refractivity contribution in [2.24, 2.45) is 5.92 Å². The van der Waals surface area contributed by atoms with Gasteiger partial charge in [0.25, 0.3) is 0 Å². The van der Waals surface area contributed by atoms with E-state index in [1.807, 2.05) is 0 Å². The third-order valence-electron chi connectivity index (χ3n) is 3.01. The molecule has 0 aliphatic carbocycles. The van der Waals surface area contributed by atoms with Gasteiger partial charge in [0.15, 0.2) is 0 Å². The summed E-state index contributed by atoms with van der Waals surface area (Å²) >= 11 is 1.71. The molecular weight excluding hydrogens is 212 g/mol. The fourth-order valence-corrected chi connectivity index (χ4v) is 3.34. The van der Waals surface area contributed by atoms with Crippen LogP contribution in [0.5, 0.6) is 0 Å². The Bertz CT molecular complexity index is 212. The standard InChI is InChI=1S/C11H20O3S/c1-3-4-5-9(10(12)14-2)11(13)6-7-15-8-11/h9,13H,3-8H2,1-2H3. The molecule has 0 amide bonds. The number of hydrogen-bond acceptors (Lipinski definition) is 4. The van der Waals surface area contributed by atoms with Crippen LogP contribution < -0.4 is 0 Å². The Hall–Kier alpha value is -0.220. The van der Waals surface area contributed by atoms with E-state index in [9.17, 15) is 9.90 Å². The lowest BCUT2D eigenvalue weighted by molar-refractivity contribution is -0.154. The number of carbonyl (C=O) groups is 1. The van der Waals surface area contributed by atoms with Gasteiger partial charge in [-0.15, -0.1) is 0 Å². The first-order valence-electron chi connectivity index (χ1n) is 5.52. The summed E-state index contributed by atoms with van der Waals surface area (Å²) < 4.78 is 4.78. The van der Waals surface area contributed by atoms with Gasteiger partial charge in [-0.1, -0.05) is 19.8 Å². The third kappa shape index (κ3) is 3.11. The zero-order valence-corrected chi connectivity index (χ0v) is 10.3. The van der Waals surface area contributed by atoms with Gasteiger partial charge < -0.3 is 9.84 Å². The van der Waals surface area contributed by atoms with Crippen molar-refractivity contribution < 1.29 is 14.6 Å². The summed E-state index contributed by atoms with van der Waals surface area (Å²) in [5, 5.41) is 10.4. The Balaban J connectivity index is 2.65. The van der Waals surface area contributed by atoms with Crippen LogP contribution in [0.15, 0.2) is 0 Å². The minimum Gasteiger partial charge on any atom is -0.469 e. The largest absolute Gasteiger partial charge is 0.469 e. The zero-order valence-electron chi connectivity index (χ0n) is 9.49. The fourth-order valence-electron chi connectivity index (χ4n) is 2.00. The lowest BCUT2D eigenvalue weighted by Crippen LogP contribution is -2.43. The highest BCUT2D eigenvalue weighted by Gasteiger charge is 2.44. The van der Waals surface area contributed by atoms with Crippen LogP contribution >= 0.6 is 11.8 Å². The second kappa shape index (κ2) is 5.75. The molecule has 3 nitrogen and oxygen atoms in total. The Morgan fingerprint density at radius 1 is 1.67 bits per heavy atom. The molecule has 1 rings (SSSR count). The molecule has 0 bridgehead atoms. The van der Waals surface area contributed by atoms with E-state index in [-0.39, 0.29) is 11.9 Å². The molecule has 0 saturated carbocycles. The molecule has 15 heavy (non-hydrogen) atoms. The molecule has 0 radical (unpaired) electrons. The molecular formula is C11H20O3S. The Morgan fingerprint density at radius 3 is 2.87 bits per heavy atom. The highest BCUT2D eigenvalue weighted by molar-refractivity contribution is 7.99. The SMILES string of the molecule is CCCCC(C(=O)OC)C1(O)CCSC1. The second-order valence-electron chi connectivity index (χ2n) is 4.12. The number of aliphatic hydroxyl groups is 1. The number of rotatable bonds is 5. The van der Waals surface area contributed by atoms with E-state index < -0.39 is 5.60 Å². The van der Waals surface area contributed by atoms with E-state index in [1.165, 1.54) is 7.11 Å². The lowest BCUT2D eigenvalue weighted by Gasteiger charge is -2.29. The van der Waals surface area contributed by atoms with Crippen molar-refractivity contribution in [3.63, 3.8) is 0 Å². The van der Waals surface area contributed by atoms with Gasteiger partial charge in [0, 0.05) is 5.75 Å². The predicted octanol–water partition coefficient (Wildman–Crippen LogP) is 1.83. The van der Waals surface area contributed by atoms with Crippen LogP contribution in [0, 0.1) is 5.92 Å². The van der Waals surface area contributed by atoms with Crippen molar-refractivity contribution in [3.8, 4) is 0 Å². The zero-order chi connectivity index (χ0) is 11.3. The third-order valence-corrected chi connectivity index (χ3v) is 4.21. The normalized spacial score (nSPS) is 27.7. The average Bonchev–Trinajstić information content (AvgIpc) is 2.66. The maximum Gasteiger partial charge on any atom is 0.311 e. The first kappa shape index (κ1) is 12.8. The number of thioether (sulfide) groups is 1. The Morgan fingerprint density at radius 2 is 2.40 bits per heavy atom. The highest BCUT2D eigenvalue weighted by Crippen LogP contribution is 2.37. The maximum absolute atomic E-state index is 11.6. The van der Waals surface area contributed by atoms with Crippen LogP contribution in [0.4, 0.5) is 0 Å². The quantitative estimate of drug-likeness (QED) is 0.735. The lowest BCUT2D eigenvalue weighted by atomic mass is 9.83. The van der Waals surface area contributed by atoms with Crippen LogP contribution in [0.2, 0.25) is 0 Å². The summed E-state index contributed by atoms with van der Waals surface area (Å²) in [5.74, 6) is 1.01. The van der Waals surface area contributed by atoms with Gasteiger partial charge in [0.05, 0.1) is 18.6 Å². The Kier molecular flexibility index (Phi) is 4.93. The maximum atomic E-state index is 11.6. The first-order chi connectivity index (χ1) is 7.14. The molecule has 0 aromatic heterocycles. The summed E-state index contributed by atoms with van der Waals surface area (Å²) in [6.45, 7) is 2.09. The van der Waals surface area contributed by atoms with Crippen molar-refractivity contribution in [3.05, 3.63) is 0 Å². The number of hydrogen-bond donors (Lipinski definition) is 1. The minimum absolute atomic E-state index is 0.256.